The van der Waals surface area contributed by atoms with Crippen LogP contribution < -0.4 is 10.4 Å². The molecule has 0 aliphatic heterocycles. The smallest absolute Gasteiger partial charge is 0.352 e. The van der Waals surface area contributed by atoms with Crippen LogP contribution in [0.5, 0.6) is 5.75 Å². The SMILES string of the molecule is COc1ccc(F)cc1-c1cc(C(=O)O)[nH]c(=O)n1. The molecule has 1 aromatic heterocycles. The van der Waals surface area contributed by atoms with Crippen LogP contribution in [0.3, 0.4) is 0 Å². The zero-order chi connectivity index (χ0) is 14.0. The van der Waals surface area contributed by atoms with Crippen molar-refractivity contribution in [2.24, 2.45) is 0 Å². The van der Waals surface area contributed by atoms with E-state index in [-0.39, 0.29) is 22.7 Å². The maximum absolute atomic E-state index is 13.2. The molecule has 0 unspecified atom stereocenters. The lowest BCUT2D eigenvalue weighted by atomic mass is 10.1. The molecule has 2 aromatic rings. The van der Waals surface area contributed by atoms with Crippen molar-refractivity contribution in [2.75, 3.05) is 7.11 Å². The Bertz CT molecular complexity index is 696. The number of aromatic carboxylic acids is 1. The summed E-state index contributed by atoms with van der Waals surface area (Å²) in [6.45, 7) is 0. The fourth-order valence-electron chi connectivity index (χ4n) is 1.59. The molecule has 0 saturated carbocycles. The molecule has 2 rings (SSSR count). The predicted octanol–water partition coefficient (Wildman–Crippen LogP) is 1.28. The van der Waals surface area contributed by atoms with E-state index in [4.69, 9.17) is 9.84 Å². The van der Waals surface area contributed by atoms with Gasteiger partial charge in [0.25, 0.3) is 0 Å². The van der Waals surface area contributed by atoms with E-state index in [1.54, 1.807) is 0 Å². The predicted molar refractivity (Wildman–Crippen MR) is 63.8 cm³/mol. The van der Waals surface area contributed by atoms with E-state index in [1.165, 1.54) is 19.2 Å². The zero-order valence-corrected chi connectivity index (χ0v) is 9.81. The highest BCUT2D eigenvalue weighted by molar-refractivity contribution is 5.86. The molecule has 0 amide bonds. The third kappa shape index (κ3) is 2.59. The summed E-state index contributed by atoms with van der Waals surface area (Å²) in [7, 11) is 1.38. The molecule has 0 bridgehead atoms. The van der Waals surface area contributed by atoms with Crippen LogP contribution in [0.25, 0.3) is 11.3 Å². The number of carboxylic acid groups (broad SMARTS) is 1. The Morgan fingerprint density at radius 2 is 2.16 bits per heavy atom. The minimum atomic E-state index is -1.31. The Morgan fingerprint density at radius 3 is 2.79 bits per heavy atom. The van der Waals surface area contributed by atoms with Gasteiger partial charge in [0, 0.05) is 5.56 Å². The second-order valence-electron chi connectivity index (χ2n) is 3.63. The summed E-state index contributed by atoms with van der Waals surface area (Å²) >= 11 is 0. The molecule has 6 nitrogen and oxygen atoms in total. The zero-order valence-electron chi connectivity index (χ0n) is 9.81. The van der Waals surface area contributed by atoms with Gasteiger partial charge >= 0.3 is 11.7 Å². The largest absolute Gasteiger partial charge is 0.496 e. The lowest BCUT2D eigenvalue weighted by molar-refractivity contribution is 0.0690. The number of H-pyrrole nitrogens is 1. The van der Waals surface area contributed by atoms with Gasteiger partial charge in [-0.25, -0.2) is 14.0 Å². The first kappa shape index (κ1) is 12.7. The van der Waals surface area contributed by atoms with Gasteiger partial charge in [0.1, 0.15) is 17.3 Å². The number of rotatable bonds is 3. The summed E-state index contributed by atoms with van der Waals surface area (Å²) in [5, 5.41) is 8.86. The molecule has 0 fully saturated rings. The van der Waals surface area contributed by atoms with Gasteiger partial charge in [0.2, 0.25) is 0 Å². The van der Waals surface area contributed by atoms with Crippen molar-refractivity contribution in [1.29, 1.82) is 0 Å². The number of carboxylic acids is 1. The van der Waals surface area contributed by atoms with Gasteiger partial charge in [0.15, 0.2) is 0 Å². The van der Waals surface area contributed by atoms with Crippen LogP contribution in [0.15, 0.2) is 29.1 Å². The Labute approximate surface area is 106 Å². The number of ether oxygens (including phenoxy) is 1. The third-order valence-corrected chi connectivity index (χ3v) is 2.41. The maximum Gasteiger partial charge on any atom is 0.352 e. The molecule has 1 aromatic carbocycles. The van der Waals surface area contributed by atoms with E-state index < -0.39 is 17.5 Å². The summed E-state index contributed by atoms with van der Waals surface area (Å²) in [6, 6.07) is 4.81. The Hall–Kier alpha value is -2.70. The van der Waals surface area contributed by atoms with Crippen LogP contribution in [0.1, 0.15) is 10.5 Å². The highest BCUT2D eigenvalue weighted by Gasteiger charge is 2.13. The van der Waals surface area contributed by atoms with Crippen molar-refractivity contribution in [3.8, 4) is 17.0 Å². The molecule has 7 heteroatoms. The fourth-order valence-corrected chi connectivity index (χ4v) is 1.59. The van der Waals surface area contributed by atoms with E-state index in [0.717, 1.165) is 12.1 Å². The number of aromatic amines is 1. The molecule has 0 atom stereocenters. The molecule has 0 aliphatic rings. The monoisotopic (exact) mass is 264 g/mol. The van der Waals surface area contributed by atoms with Crippen molar-refractivity contribution < 1.29 is 19.0 Å². The molecule has 2 N–H and O–H groups in total. The van der Waals surface area contributed by atoms with Gasteiger partial charge in [-0.2, -0.15) is 4.98 Å². The topological polar surface area (TPSA) is 92.3 Å². The first-order chi connectivity index (χ1) is 9.01. The minimum absolute atomic E-state index is 0.0255. The highest BCUT2D eigenvalue weighted by Crippen LogP contribution is 2.28. The second kappa shape index (κ2) is 4.89. The number of nitrogens with zero attached hydrogens (tertiary/aromatic N) is 1. The van der Waals surface area contributed by atoms with Crippen molar-refractivity contribution in [1.82, 2.24) is 9.97 Å². The molecule has 0 aliphatic carbocycles. The van der Waals surface area contributed by atoms with E-state index in [0.29, 0.717) is 0 Å². The van der Waals surface area contributed by atoms with Crippen LogP contribution in [-0.4, -0.2) is 28.2 Å². The number of hydrogen-bond acceptors (Lipinski definition) is 4. The van der Waals surface area contributed by atoms with Crippen LogP contribution in [0.2, 0.25) is 0 Å². The number of hydrogen-bond donors (Lipinski definition) is 2. The van der Waals surface area contributed by atoms with Crippen molar-refractivity contribution in [3.63, 3.8) is 0 Å². The van der Waals surface area contributed by atoms with Gasteiger partial charge in [-0.05, 0) is 24.3 Å². The van der Waals surface area contributed by atoms with Crippen LogP contribution in [-0.2, 0) is 0 Å². The molecule has 0 radical (unpaired) electrons. The second-order valence-corrected chi connectivity index (χ2v) is 3.63. The summed E-state index contributed by atoms with van der Waals surface area (Å²) in [5.41, 5.74) is -0.934. The quantitative estimate of drug-likeness (QED) is 0.871. The van der Waals surface area contributed by atoms with E-state index in [1.807, 2.05) is 0 Å². The maximum atomic E-state index is 13.2. The first-order valence-corrected chi connectivity index (χ1v) is 5.20. The van der Waals surface area contributed by atoms with Gasteiger partial charge in [-0.15, -0.1) is 0 Å². The first-order valence-electron chi connectivity index (χ1n) is 5.20. The van der Waals surface area contributed by atoms with E-state index in [2.05, 4.69) is 9.97 Å². The molecule has 1 heterocycles. The number of carbonyl (C=O) groups is 1. The van der Waals surface area contributed by atoms with Gasteiger partial charge in [0.05, 0.1) is 12.8 Å². The van der Waals surface area contributed by atoms with Crippen LogP contribution >= 0.6 is 0 Å². The van der Waals surface area contributed by atoms with Gasteiger partial charge in [-0.1, -0.05) is 0 Å². The van der Waals surface area contributed by atoms with E-state index in [9.17, 15) is 14.0 Å². The van der Waals surface area contributed by atoms with Crippen molar-refractivity contribution in [2.45, 2.75) is 0 Å². The van der Waals surface area contributed by atoms with Crippen molar-refractivity contribution >= 4 is 5.97 Å². The molecule has 98 valence electrons. The molecule has 19 heavy (non-hydrogen) atoms. The third-order valence-electron chi connectivity index (χ3n) is 2.41. The Kier molecular flexibility index (Phi) is 3.28. The standard InChI is InChI=1S/C12H9FN2O4/c1-19-10-3-2-6(13)4-7(10)8-5-9(11(16)17)15-12(18)14-8/h2-5H,1H3,(H,16,17)(H,14,15,18). The van der Waals surface area contributed by atoms with Crippen LogP contribution in [0.4, 0.5) is 4.39 Å². The molecular formula is C12H9FN2O4. The average Bonchev–Trinajstić information content (AvgIpc) is 2.37. The van der Waals surface area contributed by atoms with Gasteiger partial charge in [-0.3, -0.25) is 4.98 Å². The molecule has 0 saturated heterocycles. The summed E-state index contributed by atoms with van der Waals surface area (Å²) in [5.74, 6) is -1.57. The lowest BCUT2D eigenvalue weighted by Crippen LogP contribution is -2.16. The van der Waals surface area contributed by atoms with Crippen molar-refractivity contribution in [3.05, 3.63) is 46.3 Å². The summed E-state index contributed by atoms with van der Waals surface area (Å²) in [4.78, 5) is 27.8. The average molecular weight is 264 g/mol. The number of benzene rings is 1. The minimum Gasteiger partial charge on any atom is -0.496 e. The number of methoxy groups -OCH3 is 1. The highest BCUT2D eigenvalue weighted by atomic mass is 19.1. The molecular weight excluding hydrogens is 255 g/mol. The Balaban J connectivity index is 2.68. The normalized spacial score (nSPS) is 10.2. The number of halogens is 1. The van der Waals surface area contributed by atoms with Gasteiger partial charge < -0.3 is 9.84 Å². The number of aromatic nitrogens is 2. The lowest BCUT2D eigenvalue weighted by Gasteiger charge is -2.08. The summed E-state index contributed by atoms with van der Waals surface area (Å²) < 4.78 is 18.3. The number of nitrogens with one attached hydrogen (secondary N) is 1. The van der Waals surface area contributed by atoms with E-state index >= 15 is 0 Å². The summed E-state index contributed by atoms with van der Waals surface area (Å²) in [6.07, 6.45) is 0. The van der Waals surface area contributed by atoms with Crippen LogP contribution in [0, 0.1) is 5.82 Å². The Morgan fingerprint density at radius 1 is 1.42 bits per heavy atom. The fraction of sp³-hybridized carbons (Fsp3) is 0.0833. The molecule has 0 spiro atoms.